The highest BCUT2D eigenvalue weighted by atomic mass is 16.4. The first-order valence-electron chi connectivity index (χ1n) is 5.31. The summed E-state index contributed by atoms with van der Waals surface area (Å²) in [6, 6.07) is 6.23. The summed E-state index contributed by atoms with van der Waals surface area (Å²) in [5, 5.41) is 22.3. The third-order valence-corrected chi connectivity index (χ3v) is 2.20. The third kappa shape index (κ3) is 4.30. The topological polar surface area (TPSA) is 125 Å². The molecule has 0 heterocycles. The van der Waals surface area contributed by atoms with E-state index < -0.39 is 18.1 Å². The molecule has 1 aromatic rings. The zero-order valence-corrected chi connectivity index (χ0v) is 9.59. The Morgan fingerprint density at radius 3 is 2.61 bits per heavy atom. The van der Waals surface area contributed by atoms with Crippen LogP contribution in [0.3, 0.4) is 0 Å². The molecule has 6 N–H and O–H groups in total. The van der Waals surface area contributed by atoms with Gasteiger partial charge in [0.25, 0.3) is 0 Å². The summed E-state index contributed by atoms with van der Waals surface area (Å²) < 4.78 is 0. The maximum Gasteiger partial charge on any atom is 0.332 e. The monoisotopic (exact) mass is 253 g/mol. The molecule has 0 aromatic heterocycles. The molecule has 1 atom stereocenters. The van der Waals surface area contributed by atoms with Gasteiger partial charge in [-0.2, -0.15) is 0 Å². The van der Waals surface area contributed by atoms with E-state index in [2.05, 4.69) is 10.6 Å². The number of carbonyl (C=O) groups excluding carboxylic acids is 1. The van der Waals surface area contributed by atoms with Crippen LogP contribution in [0.4, 0.5) is 16.2 Å². The summed E-state index contributed by atoms with van der Waals surface area (Å²) in [5.41, 5.74) is 6.52. The Labute approximate surface area is 104 Å². The second-order valence-corrected chi connectivity index (χ2v) is 3.61. The van der Waals surface area contributed by atoms with E-state index in [1.165, 1.54) is 0 Å². The van der Waals surface area contributed by atoms with Crippen molar-refractivity contribution in [3.63, 3.8) is 0 Å². The average molecular weight is 253 g/mol. The van der Waals surface area contributed by atoms with Crippen molar-refractivity contribution in [3.05, 3.63) is 24.3 Å². The van der Waals surface area contributed by atoms with Crippen LogP contribution in [0.15, 0.2) is 24.3 Å². The van der Waals surface area contributed by atoms with Gasteiger partial charge in [-0.1, -0.05) is 12.1 Å². The van der Waals surface area contributed by atoms with E-state index >= 15 is 0 Å². The highest BCUT2D eigenvalue weighted by Gasteiger charge is 2.12. The summed E-state index contributed by atoms with van der Waals surface area (Å²) in [4.78, 5) is 21.7. The molecule has 1 aromatic carbocycles. The smallest absolute Gasteiger partial charge is 0.332 e. The molecule has 0 fully saturated rings. The molecule has 0 saturated heterocycles. The second-order valence-electron chi connectivity index (χ2n) is 3.61. The van der Waals surface area contributed by atoms with E-state index in [9.17, 15) is 9.59 Å². The lowest BCUT2D eigenvalue weighted by molar-refractivity contribution is -0.146. The lowest BCUT2D eigenvalue weighted by Crippen LogP contribution is -2.33. The zero-order chi connectivity index (χ0) is 13.5. The standard InChI is InChI=1S/C11H15N3O4/c12-7-3-1-2-4-8(7)14-11(18)13-6-5-9(15)10(16)17/h1-4,9,15H,5-6,12H2,(H,16,17)(H2,13,14,18)/t9-/m0/s1. The number of para-hydroxylation sites is 2. The maximum atomic E-state index is 11.4. The molecule has 0 saturated carbocycles. The molecule has 18 heavy (non-hydrogen) atoms. The molecule has 0 unspecified atom stereocenters. The van der Waals surface area contributed by atoms with Crippen LogP contribution in [0.1, 0.15) is 6.42 Å². The van der Waals surface area contributed by atoms with Gasteiger partial charge in [-0.15, -0.1) is 0 Å². The SMILES string of the molecule is Nc1ccccc1NC(=O)NCC[C@H](O)C(=O)O. The molecule has 7 heteroatoms. The number of carbonyl (C=O) groups is 2. The molecule has 7 nitrogen and oxygen atoms in total. The van der Waals surface area contributed by atoms with E-state index in [0.717, 1.165) is 0 Å². The number of aliphatic hydroxyl groups is 1. The summed E-state index contributed by atoms with van der Waals surface area (Å²) in [6.45, 7) is 0.0477. The molecule has 0 aliphatic carbocycles. The lowest BCUT2D eigenvalue weighted by atomic mass is 10.2. The van der Waals surface area contributed by atoms with Gasteiger partial charge in [0.15, 0.2) is 6.10 Å². The van der Waals surface area contributed by atoms with Gasteiger partial charge in [-0.25, -0.2) is 9.59 Å². The lowest BCUT2D eigenvalue weighted by Gasteiger charge is -2.10. The maximum absolute atomic E-state index is 11.4. The fourth-order valence-electron chi connectivity index (χ4n) is 1.22. The van der Waals surface area contributed by atoms with Crippen LogP contribution in [-0.4, -0.2) is 34.9 Å². The average Bonchev–Trinajstić information content (AvgIpc) is 2.32. The molecule has 0 bridgehead atoms. The van der Waals surface area contributed by atoms with Crippen LogP contribution >= 0.6 is 0 Å². The van der Waals surface area contributed by atoms with Crippen LogP contribution in [0.5, 0.6) is 0 Å². The van der Waals surface area contributed by atoms with Gasteiger partial charge >= 0.3 is 12.0 Å². The van der Waals surface area contributed by atoms with E-state index in [0.29, 0.717) is 11.4 Å². The fraction of sp³-hybridized carbons (Fsp3) is 0.273. The minimum absolute atomic E-state index is 0.0477. The van der Waals surface area contributed by atoms with Gasteiger partial charge in [0.05, 0.1) is 11.4 Å². The summed E-state index contributed by atoms with van der Waals surface area (Å²) in [5.74, 6) is -1.32. The van der Waals surface area contributed by atoms with Crippen molar-refractivity contribution >= 4 is 23.4 Å². The van der Waals surface area contributed by atoms with Crippen LogP contribution in [0, 0.1) is 0 Å². The van der Waals surface area contributed by atoms with Crippen LogP contribution in [-0.2, 0) is 4.79 Å². The highest BCUT2D eigenvalue weighted by molar-refractivity contribution is 5.92. The van der Waals surface area contributed by atoms with Crippen LogP contribution < -0.4 is 16.4 Å². The van der Waals surface area contributed by atoms with Crippen LogP contribution in [0.25, 0.3) is 0 Å². The van der Waals surface area contributed by atoms with E-state index in [1.54, 1.807) is 24.3 Å². The Bertz CT molecular complexity index is 436. The number of carboxylic acid groups (broad SMARTS) is 1. The quantitative estimate of drug-likeness (QED) is 0.480. The number of carboxylic acids is 1. The number of urea groups is 1. The Morgan fingerprint density at radius 1 is 1.33 bits per heavy atom. The number of nitrogens with two attached hydrogens (primary N) is 1. The number of aliphatic carboxylic acids is 1. The Balaban J connectivity index is 2.35. The molecule has 0 spiro atoms. The van der Waals surface area contributed by atoms with Crippen molar-refractivity contribution in [2.75, 3.05) is 17.6 Å². The molecule has 98 valence electrons. The fourth-order valence-corrected chi connectivity index (χ4v) is 1.22. The van der Waals surface area contributed by atoms with Crippen molar-refractivity contribution in [1.82, 2.24) is 5.32 Å². The summed E-state index contributed by atoms with van der Waals surface area (Å²) >= 11 is 0. The van der Waals surface area contributed by atoms with Crippen molar-refractivity contribution in [1.29, 1.82) is 0 Å². The number of aliphatic hydroxyl groups excluding tert-OH is 1. The van der Waals surface area contributed by atoms with Gasteiger partial charge in [0.2, 0.25) is 0 Å². The molecule has 1 rings (SSSR count). The Hall–Kier alpha value is -2.28. The molecule has 0 aliphatic rings. The molecule has 2 amide bonds. The van der Waals surface area contributed by atoms with Gasteiger partial charge in [-0.05, 0) is 12.1 Å². The van der Waals surface area contributed by atoms with E-state index in [4.69, 9.17) is 15.9 Å². The summed E-state index contributed by atoms with van der Waals surface area (Å²) in [7, 11) is 0. The van der Waals surface area contributed by atoms with Crippen molar-refractivity contribution < 1.29 is 19.8 Å². The number of nitrogens with one attached hydrogen (secondary N) is 2. The van der Waals surface area contributed by atoms with Gasteiger partial charge in [0, 0.05) is 13.0 Å². The van der Waals surface area contributed by atoms with Gasteiger partial charge in [0.1, 0.15) is 0 Å². The first-order valence-corrected chi connectivity index (χ1v) is 5.31. The van der Waals surface area contributed by atoms with Crippen molar-refractivity contribution in [3.8, 4) is 0 Å². The predicted molar refractivity (Wildman–Crippen MR) is 66.1 cm³/mol. The molecular weight excluding hydrogens is 238 g/mol. The third-order valence-electron chi connectivity index (χ3n) is 2.20. The first kappa shape index (κ1) is 13.8. The normalized spacial score (nSPS) is 11.6. The molecular formula is C11H15N3O4. The van der Waals surface area contributed by atoms with Crippen molar-refractivity contribution in [2.45, 2.75) is 12.5 Å². The van der Waals surface area contributed by atoms with Gasteiger partial charge in [-0.3, -0.25) is 0 Å². The van der Waals surface area contributed by atoms with E-state index in [1.807, 2.05) is 0 Å². The number of hydrogen-bond donors (Lipinski definition) is 5. The van der Waals surface area contributed by atoms with Gasteiger partial charge < -0.3 is 26.6 Å². The zero-order valence-electron chi connectivity index (χ0n) is 9.59. The minimum Gasteiger partial charge on any atom is -0.479 e. The number of hydrogen-bond acceptors (Lipinski definition) is 4. The predicted octanol–water partition coefficient (Wildman–Crippen LogP) is 0.226. The minimum atomic E-state index is -1.48. The van der Waals surface area contributed by atoms with E-state index in [-0.39, 0.29) is 13.0 Å². The Morgan fingerprint density at radius 2 is 2.00 bits per heavy atom. The largest absolute Gasteiger partial charge is 0.479 e. The number of anilines is 2. The molecule has 0 aliphatic heterocycles. The summed E-state index contributed by atoms with van der Waals surface area (Å²) in [6.07, 6.45) is -1.54. The highest BCUT2D eigenvalue weighted by Crippen LogP contribution is 2.16. The Kier molecular flexibility index (Phi) is 4.94. The molecule has 0 radical (unpaired) electrons. The number of nitrogen functional groups attached to an aromatic ring is 1. The number of benzene rings is 1. The number of amides is 2. The van der Waals surface area contributed by atoms with Crippen molar-refractivity contribution in [2.24, 2.45) is 0 Å². The first-order chi connectivity index (χ1) is 8.50. The second kappa shape index (κ2) is 6.45. The number of rotatable bonds is 5. The van der Waals surface area contributed by atoms with Crippen LogP contribution in [0.2, 0.25) is 0 Å².